The fourth-order valence-electron chi connectivity index (χ4n) is 3.45. The second-order valence-electron chi connectivity index (χ2n) is 7.50. The van der Waals surface area contributed by atoms with Crippen LogP contribution in [0.1, 0.15) is 48.5 Å². The van der Waals surface area contributed by atoms with Crippen molar-refractivity contribution in [1.29, 1.82) is 0 Å². The summed E-state index contributed by atoms with van der Waals surface area (Å²) >= 11 is 0. The van der Waals surface area contributed by atoms with Crippen LogP contribution in [0, 0.1) is 0 Å². The molecule has 0 heterocycles. The maximum absolute atomic E-state index is 12.4. The molecule has 0 unspecified atom stereocenters. The van der Waals surface area contributed by atoms with Gasteiger partial charge in [0.15, 0.2) is 5.75 Å². The zero-order valence-electron chi connectivity index (χ0n) is 17.8. The van der Waals surface area contributed by atoms with E-state index in [1.807, 2.05) is 36.4 Å². The minimum absolute atomic E-state index is 0.100. The second-order valence-corrected chi connectivity index (χ2v) is 7.50. The molecule has 1 amide bonds. The van der Waals surface area contributed by atoms with Crippen LogP contribution in [-0.4, -0.2) is 29.3 Å². The van der Waals surface area contributed by atoms with Crippen molar-refractivity contribution in [2.24, 2.45) is 10.2 Å². The number of aliphatic hydroxyl groups excluding tert-OH is 1. The number of amides is 1. The van der Waals surface area contributed by atoms with Gasteiger partial charge in [-0.15, -0.1) is 5.11 Å². The van der Waals surface area contributed by atoms with Gasteiger partial charge in [-0.3, -0.25) is 4.79 Å². The maximum Gasteiger partial charge on any atom is 0.255 e. The van der Waals surface area contributed by atoms with Crippen molar-refractivity contribution in [2.75, 3.05) is 13.2 Å². The highest BCUT2D eigenvalue weighted by atomic mass is 16.3. The van der Waals surface area contributed by atoms with Crippen molar-refractivity contribution in [3.05, 3.63) is 65.7 Å². The number of aliphatic hydroxyl groups is 1. The van der Waals surface area contributed by atoms with Gasteiger partial charge in [0, 0.05) is 11.9 Å². The Balaban J connectivity index is 1.85. The highest BCUT2D eigenvalue weighted by molar-refractivity contribution is 6.06. The van der Waals surface area contributed by atoms with Crippen molar-refractivity contribution in [3.8, 4) is 5.75 Å². The molecule has 0 bridgehead atoms. The molecule has 0 saturated heterocycles. The number of nitrogens with zero attached hydrogens (tertiary/aromatic N) is 2. The molecular formula is C25H29N3O3. The van der Waals surface area contributed by atoms with Gasteiger partial charge in [-0.2, -0.15) is 5.11 Å². The third-order valence-electron chi connectivity index (χ3n) is 5.16. The number of nitrogens with one attached hydrogen (secondary N) is 1. The van der Waals surface area contributed by atoms with E-state index < -0.39 is 5.91 Å². The third kappa shape index (κ3) is 5.89. The number of phenolic OH excluding ortho intramolecular Hbond substituents is 1. The Bertz CT molecular complexity index is 1050. The molecule has 0 radical (unpaired) electrons. The molecule has 3 aromatic rings. The number of carbonyl (C=O) groups is 1. The van der Waals surface area contributed by atoms with E-state index in [1.54, 1.807) is 6.07 Å². The zero-order valence-corrected chi connectivity index (χ0v) is 17.8. The van der Waals surface area contributed by atoms with Gasteiger partial charge >= 0.3 is 0 Å². The van der Waals surface area contributed by atoms with Crippen LogP contribution in [0.4, 0.5) is 11.4 Å². The molecule has 6 heteroatoms. The lowest BCUT2D eigenvalue weighted by atomic mass is 10.0. The Morgan fingerprint density at radius 3 is 2.52 bits per heavy atom. The van der Waals surface area contributed by atoms with Gasteiger partial charge in [-0.1, -0.05) is 62.6 Å². The molecule has 0 atom stereocenters. The van der Waals surface area contributed by atoms with E-state index >= 15 is 0 Å². The molecule has 3 N–H and O–H groups in total. The Kier molecular flexibility index (Phi) is 8.12. The molecule has 162 valence electrons. The fraction of sp³-hybridized carbons (Fsp3) is 0.320. The third-order valence-corrected chi connectivity index (χ3v) is 5.16. The van der Waals surface area contributed by atoms with Gasteiger partial charge in [-0.25, -0.2) is 0 Å². The highest BCUT2D eigenvalue weighted by Crippen LogP contribution is 2.39. The Hall–Kier alpha value is -3.25. The molecule has 0 aromatic heterocycles. The predicted octanol–water partition coefficient (Wildman–Crippen LogP) is 5.81. The monoisotopic (exact) mass is 419 g/mol. The molecule has 0 fully saturated rings. The van der Waals surface area contributed by atoms with E-state index in [0.717, 1.165) is 11.8 Å². The zero-order chi connectivity index (χ0) is 22.1. The summed E-state index contributed by atoms with van der Waals surface area (Å²) in [4.78, 5) is 12.4. The number of phenols is 1. The van der Waals surface area contributed by atoms with Crippen molar-refractivity contribution < 1.29 is 15.0 Å². The average Bonchev–Trinajstić information content (AvgIpc) is 2.80. The van der Waals surface area contributed by atoms with Crippen LogP contribution < -0.4 is 5.32 Å². The van der Waals surface area contributed by atoms with Crippen molar-refractivity contribution in [2.45, 2.75) is 39.0 Å². The molecule has 0 aliphatic rings. The summed E-state index contributed by atoms with van der Waals surface area (Å²) < 4.78 is 0. The topological polar surface area (TPSA) is 94.3 Å². The van der Waals surface area contributed by atoms with Gasteiger partial charge in [0.05, 0.1) is 17.9 Å². The first kappa shape index (κ1) is 22.4. The molecule has 0 aliphatic carbocycles. The van der Waals surface area contributed by atoms with Crippen LogP contribution in [-0.2, 0) is 6.42 Å². The van der Waals surface area contributed by atoms with Crippen LogP contribution in [0.25, 0.3) is 10.8 Å². The number of unbranched alkanes of at least 4 members (excludes halogenated alkanes) is 3. The van der Waals surface area contributed by atoms with Gasteiger partial charge in [0.2, 0.25) is 0 Å². The number of rotatable bonds is 10. The summed E-state index contributed by atoms with van der Waals surface area (Å²) in [5.74, 6) is -0.702. The number of fused-ring (bicyclic) bond motifs is 1. The van der Waals surface area contributed by atoms with Gasteiger partial charge in [0.25, 0.3) is 5.91 Å². The molecule has 31 heavy (non-hydrogen) atoms. The van der Waals surface area contributed by atoms with E-state index in [4.69, 9.17) is 5.11 Å². The largest absolute Gasteiger partial charge is 0.505 e. The van der Waals surface area contributed by atoms with Gasteiger partial charge in [-0.05, 0) is 42.0 Å². The molecule has 0 spiro atoms. The lowest BCUT2D eigenvalue weighted by molar-refractivity contribution is 0.0942. The highest BCUT2D eigenvalue weighted by Gasteiger charge is 2.18. The summed E-state index contributed by atoms with van der Waals surface area (Å²) in [5, 5.41) is 32.3. The Labute approximate surface area is 182 Å². The Morgan fingerprint density at radius 2 is 1.77 bits per heavy atom. The number of benzene rings is 3. The average molecular weight is 420 g/mol. The van der Waals surface area contributed by atoms with Crippen LogP contribution in [0.2, 0.25) is 0 Å². The van der Waals surface area contributed by atoms with E-state index in [2.05, 4.69) is 34.6 Å². The summed E-state index contributed by atoms with van der Waals surface area (Å²) in [6.45, 7) is 2.13. The molecule has 3 aromatic carbocycles. The molecule has 0 saturated carbocycles. The lowest BCUT2D eigenvalue weighted by Crippen LogP contribution is -2.26. The minimum Gasteiger partial charge on any atom is -0.505 e. The SMILES string of the molecule is CCCCCCc1ccc(N=Nc2c(O)c(C(=O)NCCO)cc3ccccc23)cc1. The van der Waals surface area contributed by atoms with Gasteiger partial charge in [0.1, 0.15) is 5.69 Å². The predicted molar refractivity (Wildman–Crippen MR) is 123 cm³/mol. The van der Waals surface area contributed by atoms with Crippen LogP contribution in [0.5, 0.6) is 5.75 Å². The standard InChI is InChI=1S/C25H29N3O3/c1-2-3-4-5-8-18-11-13-20(14-12-18)27-28-23-21-10-7-6-9-19(21)17-22(24(23)30)25(31)26-15-16-29/h6-7,9-14,17,29-30H,2-5,8,15-16H2,1H3,(H,26,31). The number of aromatic hydroxyl groups is 1. The van der Waals surface area contributed by atoms with E-state index in [0.29, 0.717) is 11.1 Å². The summed E-state index contributed by atoms with van der Waals surface area (Å²) in [7, 11) is 0. The quantitative estimate of drug-likeness (QED) is 0.286. The van der Waals surface area contributed by atoms with E-state index in [9.17, 15) is 9.90 Å². The maximum atomic E-state index is 12.4. The van der Waals surface area contributed by atoms with Crippen molar-refractivity contribution in [3.63, 3.8) is 0 Å². The molecule has 3 rings (SSSR count). The first-order valence-corrected chi connectivity index (χ1v) is 10.8. The lowest BCUT2D eigenvalue weighted by Gasteiger charge is -2.10. The van der Waals surface area contributed by atoms with Crippen molar-refractivity contribution >= 4 is 28.1 Å². The molecule has 6 nitrogen and oxygen atoms in total. The summed E-state index contributed by atoms with van der Waals surface area (Å²) in [6.07, 6.45) is 5.96. The summed E-state index contributed by atoms with van der Waals surface area (Å²) in [5.41, 5.74) is 2.29. The molecular weight excluding hydrogens is 390 g/mol. The minimum atomic E-state index is -0.471. The first-order valence-electron chi connectivity index (χ1n) is 10.8. The number of hydrogen-bond acceptors (Lipinski definition) is 5. The number of carbonyl (C=O) groups excluding carboxylic acids is 1. The fourth-order valence-corrected chi connectivity index (χ4v) is 3.45. The van der Waals surface area contributed by atoms with Crippen LogP contribution >= 0.6 is 0 Å². The van der Waals surface area contributed by atoms with Gasteiger partial charge < -0.3 is 15.5 Å². The van der Waals surface area contributed by atoms with Crippen LogP contribution in [0.15, 0.2) is 64.8 Å². The van der Waals surface area contributed by atoms with Crippen LogP contribution in [0.3, 0.4) is 0 Å². The van der Waals surface area contributed by atoms with Crippen molar-refractivity contribution in [1.82, 2.24) is 5.32 Å². The van der Waals surface area contributed by atoms with E-state index in [-0.39, 0.29) is 30.2 Å². The number of hydrogen-bond donors (Lipinski definition) is 3. The number of azo groups is 1. The number of aryl methyl sites for hydroxylation is 1. The van der Waals surface area contributed by atoms with E-state index in [1.165, 1.54) is 31.2 Å². The summed E-state index contributed by atoms with van der Waals surface area (Å²) in [6, 6.07) is 16.9. The smallest absolute Gasteiger partial charge is 0.255 e. The Morgan fingerprint density at radius 1 is 1.00 bits per heavy atom. The molecule has 0 aliphatic heterocycles. The second kappa shape index (κ2) is 11.2. The normalized spacial score (nSPS) is 11.3. The first-order chi connectivity index (χ1) is 15.1.